The van der Waals surface area contributed by atoms with Crippen LogP contribution in [-0.4, -0.2) is 4.57 Å². The normalized spacial score (nSPS) is 11.1. The number of benzene rings is 2. The maximum Gasteiger partial charge on any atom is 0.0490 e. The maximum absolute atomic E-state index is 6.30. The van der Waals surface area contributed by atoms with Gasteiger partial charge in [0.2, 0.25) is 0 Å². The van der Waals surface area contributed by atoms with Crippen LogP contribution in [0.1, 0.15) is 11.1 Å². The quantitative estimate of drug-likeness (QED) is 0.590. The van der Waals surface area contributed by atoms with Gasteiger partial charge in [0.05, 0.1) is 0 Å². The van der Waals surface area contributed by atoms with Crippen molar-refractivity contribution in [2.24, 2.45) is 0 Å². The van der Waals surface area contributed by atoms with Crippen LogP contribution in [0.2, 0.25) is 5.02 Å². The smallest absolute Gasteiger partial charge is 0.0490 e. The average molecular weight is 335 g/mol. The van der Waals surface area contributed by atoms with Gasteiger partial charge in [-0.05, 0) is 48.4 Å². The van der Waals surface area contributed by atoms with E-state index in [2.05, 4.69) is 70.0 Å². The number of aromatic nitrogens is 1. The van der Waals surface area contributed by atoms with Gasteiger partial charge >= 0.3 is 0 Å². The third kappa shape index (κ3) is 2.56. The Bertz CT molecular complexity index is 746. The van der Waals surface area contributed by atoms with E-state index in [1.54, 1.807) is 0 Å². The molecule has 0 N–H and O–H groups in total. The first-order valence-corrected chi connectivity index (χ1v) is 7.30. The zero-order valence-electron chi connectivity index (χ0n) is 10.5. The summed E-state index contributed by atoms with van der Waals surface area (Å²) >= 11 is 9.80. The molecule has 0 aliphatic carbocycles. The molecule has 19 heavy (non-hydrogen) atoms. The van der Waals surface area contributed by atoms with Crippen LogP contribution >= 0.6 is 27.5 Å². The molecule has 0 unspecified atom stereocenters. The van der Waals surface area contributed by atoms with Crippen LogP contribution < -0.4 is 0 Å². The van der Waals surface area contributed by atoms with Crippen molar-refractivity contribution in [2.75, 3.05) is 0 Å². The number of rotatable bonds is 2. The molecule has 0 saturated carbocycles. The van der Waals surface area contributed by atoms with Crippen LogP contribution in [-0.2, 0) is 6.54 Å². The molecule has 0 atom stereocenters. The molecular weight excluding hydrogens is 322 g/mol. The number of hydrogen-bond donors (Lipinski definition) is 0. The van der Waals surface area contributed by atoms with Crippen LogP contribution in [0.15, 0.2) is 53.1 Å². The van der Waals surface area contributed by atoms with E-state index in [1.165, 1.54) is 16.5 Å². The highest BCUT2D eigenvalue weighted by molar-refractivity contribution is 9.10. The molecule has 3 rings (SSSR count). The van der Waals surface area contributed by atoms with E-state index in [0.717, 1.165) is 21.6 Å². The minimum Gasteiger partial charge on any atom is -0.343 e. The Hall–Kier alpha value is -1.25. The van der Waals surface area contributed by atoms with Gasteiger partial charge in [0.25, 0.3) is 0 Å². The average Bonchev–Trinajstić information content (AvgIpc) is 2.75. The van der Waals surface area contributed by atoms with Gasteiger partial charge < -0.3 is 4.57 Å². The number of fused-ring (bicyclic) bond motifs is 1. The van der Waals surface area contributed by atoms with E-state index < -0.39 is 0 Å². The first-order valence-electron chi connectivity index (χ1n) is 6.13. The van der Waals surface area contributed by atoms with Crippen molar-refractivity contribution < 1.29 is 0 Å². The molecule has 0 radical (unpaired) electrons. The van der Waals surface area contributed by atoms with E-state index in [9.17, 15) is 0 Å². The predicted octanol–water partition coefficient (Wildman–Crippen LogP) is 5.41. The monoisotopic (exact) mass is 333 g/mol. The van der Waals surface area contributed by atoms with Gasteiger partial charge in [-0.15, -0.1) is 0 Å². The zero-order chi connectivity index (χ0) is 13.4. The highest BCUT2D eigenvalue weighted by Gasteiger charge is 2.05. The van der Waals surface area contributed by atoms with Gasteiger partial charge in [0, 0.05) is 33.1 Å². The Morgan fingerprint density at radius 2 is 1.95 bits per heavy atom. The fourth-order valence-corrected chi connectivity index (χ4v) is 2.95. The molecule has 0 fully saturated rings. The number of nitrogens with zero attached hydrogens (tertiary/aromatic N) is 1. The van der Waals surface area contributed by atoms with E-state index in [-0.39, 0.29) is 0 Å². The molecule has 3 aromatic rings. The first kappa shape index (κ1) is 12.8. The summed E-state index contributed by atoms with van der Waals surface area (Å²) in [5.74, 6) is 0. The van der Waals surface area contributed by atoms with E-state index in [0.29, 0.717) is 0 Å². The predicted molar refractivity (Wildman–Crippen MR) is 84.9 cm³/mol. The van der Waals surface area contributed by atoms with Crippen LogP contribution in [0.3, 0.4) is 0 Å². The van der Waals surface area contributed by atoms with Crippen molar-refractivity contribution in [1.82, 2.24) is 4.57 Å². The summed E-state index contributed by atoms with van der Waals surface area (Å²) in [6.45, 7) is 2.85. The summed E-state index contributed by atoms with van der Waals surface area (Å²) in [5.41, 5.74) is 3.56. The van der Waals surface area contributed by atoms with Crippen LogP contribution in [0.4, 0.5) is 0 Å². The molecule has 1 nitrogen and oxygen atoms in total. The van der Waals surface area contributed by atoms with Crippen molar-refractivity contribution in [3.8, 4) is 0 Å². The molecule has 1 aromatic heterocycles. The van der Waals surface area contributed by atoms with Gasteiger partial charge in [-0.2, -0.15) is 0 Å². The van der Waals surface area contributed by atoms with Crippen molar-refractivity contribution >= 4 is 38.4 Å². The minimum absolute atomic E-state index is 0.796. The third-order valence-electron chi connectivity index (χ3n) is 3.28. The first-order chi connectivity index (χ1) is 9.13. The van der Waals surface area contributed by atoms with Crippen LogP contribution in [0.25, 0.3) is 10.9 Å². The summed E-state index contributed by atoms with van der Waals surface area (Å²) in [6, 6.07) is 14.7. The Morgan fingerprint density at radius 1 is 1.11 bits per heavy atom. The van der Waals surface area contributed by atoms with Crippen molar-refractivity contribution in [1.29, 1.82) is 0 Å². The van der Waals surface area contributed by atoms with E-state index in [1.807, 2.05) is 6.07 Å². The third-order valence-corrected chi connectivity index (χ3v) is 4.13. The second-order valence-corrected chi connectivity index (χ2v) is 6.06. The molecule has 0 amide bonds. The molecule has 0 bridgehead atoms. The van der Waals surface area contributed by atoms with Crippen LogP contribution in [0.5, 0.6) is 0 Å². The molecule has 0 aliphatic rings. The van der Waals surface area contributed by atoms with Gasteiger partial charge in [-0.25, -0.2) is 0 Å². The molecule has 3 heteroatoms. The largest absolute Gasteiger partial charge is 0.343 e. The Morgan fingerprint density at radius 3 is 2.74 bits per heavy atom. The summed E-state index contributed by atoms with van der Waals surface area (Å²) < 4.78 is 3.32. The van der Waals surface area contributed by atoms with Gasteiger partial charge in [-0.1, -0.05) is 39.7 Å². The van der Waals surface area contributed by atoms with E-state index >= 15 is 0 Å². The Balaban J connectivity index is 2.01. The lowest BCUT2D eigenvalue weighted by atomic mass is 10.1. The van der Waals surface area contributed by atoms with Gasteiger partial charge in [0.15, 0.2) is 0 Å². The van der Waals surface area contributed by atoms with Crippen LogP contribution in [0, 0.1) is 6.92 Å². The SMILES string of the molecule is Cc1ccc(Cn2ccc3cc(Br)ccc32)c(Cl)c1. The van der Waals surface area contributed by atoms with E-state index in [4.69, 9.17) is 11.6 Å². The summed E-state index contributed by atoms with van der Waals surface area (Å²) in [5, 5.41) is 2.07. The lowest BCUT2D eigenvalue weighted by molar-refractivity contribution is 0.836. The Labute approximate surface area is 125 Å². The maximum atomic E-state index is 6.30. The fourth-order valence-electron chi connectivity index (χ4n) is 2.27. The molecule has 0 aliphatic heterocycles. The van der Waals surface area contributed by atoms with Gasteiger partial charge in [-0.3, -0.25) is 0 Å². The number of hydrogen-bond acceptors (Lipinski definition) is 0. The second-order valence-electron chi connectivity index (χ2n) is 4.74. The second kappa shape index (κ2) is 5.03. The topological polar surface area (TPSA) is 4.93 Å². The molecule has 0 saturated heterocycles. The van der Waals surface area contributed by atoms with Crippen molar-refractivity contribution in [2.45, 2.75) is 13.5 Å². The summed E-state index contributed by atoms with van der Waals surface area (Å²) in [7, 11) is 0. The molecule has 96 valence electrons. The lowest BCUT2D eigenvalue weighted by Crippen LogP contribution is -1.98. The lowest BCUT2D eigenvalue weighted by Gasteiger charge is -2.08. The summed E-state index contributed by atoms with van der Waals surface area (Å²) in [4.78, 5) is 0. The van der Waals surface area contributed by atoms with Crippen molar-refractivity contribution in [3.63, 3.8) is 0 Å². The molecular formula is C16H13BrClN. The zero-order valence-corrected chi connectivity index (χ0v) is 12.9. The van der Waals surface area contributed by atoms with Crippen molar-refractivity contribution in [3.05, 3.63) is 69.3 Å². The molecule has 1 heterocycles. The minimum atomic E-state index is 0.796. The Kier molecular flexibility index (Phi) is 3.38. The molecule has 2 aromatic carbocycles. The van der Waals surface area contributed by atoms with Gasteiger partial charge in [0.1, 0.15) is 0 Å². The summed E-state index contributed by atoms with van der Waals surface area (Å²) in [6.07, 6.45) is 2.10. The highest BCUT2D eigenvalue weighted by Crippen LogP contribution is 2.24. The highest BCUT2D eigenvalue weighted by atomic mass is 79.9. The number of halogens is 2. The fraction of sp³-hybridized carbons (Fsp3) is 0.125. The standard InChI is InChI=1S/C16H13BrClN/c1-11-2-3-13(15(18)8-11)10-19-7-6-12-9-14(17)4-5-16(12)19/h2-9H,10H2,1H3. The number of aryl methyl sites for hydroxylation is 1. The molecule has 0 spiro atoms.